The Bertz CT molecular complexity index is 507. The molecule has 0 aromatic heterocycles. The number of hydrogen-bond donors (Lipinski definition) is 1. The second kappa shape index (κ2) is 7.61. The van der Waals surface area contributed by atoms with Crippen LogP contribution in [0.1, 0.15) is 31.4 Å². The van der Waals surface area contributed by atoms with Crippen molar-refractivity contribution in [2.45, 2.75) is 25.8 Å². The van der Waals surface area contributed by atoms with E-state index < -0.39 is 12.0 Å². The lowest BCUT2D eigenvalue weighted by atomic mass is 10.1. The van der Waals surface area contributed by atoms with Crippen molar-refractivity contribution in [3.05, 3.63) is 35.6 Å². The minimum atomic E-state index is -0.885. The van der Waals surface area contributed by atoms with Crippen molar-refractivity contribution in [1.82, 2.24) is 9.80 Å². The van der Waals surface area contributed by atoms with Crippen LogP contribution in [0, 0.1) is 5.82 Å². The first-order valence-corrected chi connectivity index (χ1v) is 6.78. The fourth-order valence-electron chi connectivity index (χ4n) is 2.02. The predicted molar refractivity (Wildman–Crippen MR) is 77.5 cm³/mol. The van der Waals surface area contributed by atoms with Crippen LogP contribution in [-0.4, -0.2) is 47.5 Å². The summed E-state index contributed by atoms with van der Waals surface area (Å²) in [5, 5.41) is 8.59. The molecule has 1 rings (SSSR count). The summed E-state index contributed by atoms with van der Waals surface area (Å²) >= 11 is 0. The van der Waals surface area contributed by atoms with E-state index in [1.807, 2.05) is 0 Å². The van der Waals surface area contributed by atoms with E-state index in [0.717, 1.165) is 0 Å². The second-order valence-corrected chi connectivity index (χ2v) is 5.01. The Morgan fingerprint density at radius 2 is 1.90 bits per heavy atom. The third kappa shape index (κ3) is 4.73. The average Bonchev–Trinajstić information content (AvgIpc) is 2.45. The van der Waals surface area contributed by atoms with E-state index in [1.165, 1.54) is 15.9 Å². The molecule has 5 nitrogen and oxygen atoms in total. The molecule has 6 heteroatoms. The van der Waals surface area contributed by atoms with Gasteiger partial charge in [0.1, 0.15) is 5.82 Å². The summed E-state index contributed by atoms with van der Waals surface area (Å²) in [4.78, 5) is 25.6. The highest BCUT2D eigenvalue weighted by molar-refractivity contribution is 5.74. The van der Waals surface area contributed by atoms with E-state index in [4.69, 9.17) is 5.11 Å². The van der Waals surface area contributed by atoms with Gasteiger partial charge in [0.2, 0.25) is 0 Å². The molecule has 0 aliphatic rings. The molecule has 1 atom stereocenters. The Morgan fingerprint density at radius 1 is 1.29 bits per heavy atom. The van der Waals surface area contributed by atoms with Crippen molar-refractivity contribution in [2.24, 2.45) is 0 Å². The zero-order valence-corrected chi connectivity index (χ0v) is 12.5. The second-order valence-electron chi connectivity index (χ2n) is 5.01. The van der Waals surface area contributed by atoms with Gasteiger partial charge < -0.3 is 14.9 Å². The van der Waals surface area contributed by atoms with E-state index in [2.05, 4.69) is 0 Å². The molecule has 0 spiro atoms. The third-order valence-corrected chi connectivity index (χ3v) is 3.45. The number of aliphatic carboxylic acids is 1. The van der Waals surface area contributed by atoms with Gasteiger partial charge in [0, 0.05) is 32.6 Å². The SMILES string of the molecule is CC(c1ccccc1F)N(C)C(=O)N(C)CCCC(=O)O. The van der Waals surface area contributed by atoms with Gasteiger partial charge in [-0.05, 0) is 19.4 Å². The van der Waals surface area contributed by atoms with Crippen molar-refractivity contribution >= 4 is 12.0 Å². The smallest absolute Gasteiger partial charge is 0.319 e. The topological polar surface area (TPSA) is 60.9 Å². The molecule has 0 fully saturated rings. The van der Waals surface area contributed by atoms with Crippen LogP contribution in [0.3, 0.4) is 0 Å². The lowest BCUT2D eigenvalue weighted by molar-refractivity contribution is -0.137. The highest BCUT2D eigenvalue weighted by atomic mass is 19.1. The number of carboxylic acids is 1. The number of carbonyl (C=O) groups is 2. The number of carboxylic acid groups (broad SMARTS) is 1. The van der Waals surface area contributed by atoms with Gasteiger partial charge >= 0.3 is 12.0 Å². The molecule has 21 heavy (non-hydrogen) atoms. The maximum atomic E-state index is 13.7. The lowest BCUT2D eigenvalue weighted by Crippen LogP contribution is -2.40. The van der Waals surface area contributed by atoms with Crippen molar-refractivity contribution in [3.63, 3.8) is 0 Å². The van der Waals surface area contributed by atoms with Gasteiger partial charge in [-0.3, -0.25) is 4.79 Å². The summed E-state index contributed by atoms with van der Waals surface area (Å²) in [6.07, 6.45) is 0.406. The number of benzene rings is 1. The quantitative estimate of drug-likeness (QED) is 0.878. The molecular formula is C15H21FN2O3. The van der Waals surface area contributed by atoms with Gasteiger partial charge in [-0.1, -0.05) is 18.2 Å². The lowest BCUT2D eigenvalue weighted by Gasteiger charge is -2.30. The summed E-state index contributed by atoms with van der Waals surface area (Å²) < 4.78 is 13.7. The monoisotopic (exact) mass is 296 g/mol. The summed E-state index contributed by atoms with van der Waals surface area (Å²) in [5.41, 5.74) is 0.451. The number of urea groups is 1. The fraction of sp³-hybridized carbons (Fsp3) is 0.467. The normalized spacial score (nSPS) is 11.8. The molecule has 0 heterocycles. The first kappa shape index (κ1) is 16.9. The highest BCUT2D eigenvalue weighted by Gasteiger charge is 2.22. The predicted octanol–water partition coefficient (Wildman–Crippen LogP) is 2.74. The molecule has 2 amide bonds. The van der Waals surface area contributed by atoms with Gasteiger partial charge in [-0.15, -0.1) is 0 Å². The fourth-order valence-corrected chi connectivity index (χ4v) is 2.02. The van der Waals surface area contributed by atoms with Crippen molar-refractivity contribution in [2.75, 3.05) is 20.6 Å². The van der Waals surface area contributed by atoms with E-state index in [9.17, 15) is 14.0 Å². The molecule has 0 aliphatic heterocycles. The maximum absolute atomic E-state index is 13.7. The number of halogens is 1. The molecule has 1 N–H and O–H groups in total. The molecule has 1 aromatic rings. The van der Waals surface area contributed by atoms with E-state index >= 15 is 0 Å². The summed E-state index contributed by atoms with van der Waals surface area (Å²) in [5.74, 6) is -1.23. The molecule has 0 saturated heterocycles. The van der Waals surface area contributed by atoms with Crippen LogP contribution in [0.4, 0.5) is 9.18 Å². The molecule has 1 aromatic carbocycles. The summed E-state index contributed by atoms with van der Waals surface area (Å²) in [6.45, 7) is 2.10. The number of nitrogens with zero attached hydrogens (tertiary/aromatic N) is 2. The molecule has 1 unspecified atom stereocenters. The minimum Gasteiger partial charge on any atom is -0.481 e. The molecule has 0 aliphatic carbocycles. The number of amides is 2. The van der Waals surface area contributed by atoms with Crippen LogP contribution >= 0.6 is 0 Å². The first-order valence-electron chi connectivity index (χ1n) is 6.78. The molecular weight excluding hydrogens is 275 g/mol. The Hall–Kier alpha value is -2.11. The Kier molecular flexibility index (Phi) is 6.14. The van der Waals surface area contributed by atoms with E-state index in [-0.39, 0.29) is 18.3 Å². The van der Waals surface area contributed by atoms with Gasteiger partial charge in [-0.2, -0.15) is 0 Å². The van der Waals surface area contributed by atoms with E-state index in [0.29, 0.717) is 18.5 Å². The standard InChI is InChI=1S/C15H21FN2O3/c1-11(12-7-4-5-8-13(12)16)18(3)15(21)17(2)10-6-9-14(19)20/h4-5,7-8,11H,6,9-10H2,1-3H3,(H,19,20). The number of hydrogen-bond acceptors (Lipinski definition) is 2. The molecule has 0 radical (unpaired) electrons. The highest BCUT2D eigenvalue weighted by Crippen LogP contribution is 2.22. The summed E-state index contributed by atoms with van der Waals surface area (Å²) in [6, 6.07) is 5.67. The van der Waals surface area contributed by atoms with Gasteiger partial charge in [0.05, 0.1) is 6.04 Å². The maximum Gasteiger partial charge on any atom is 0.319 e. The third-order valence-electron chi connectivity index (χ3n) is 3.45. The summed E-state index contributed by atoms with van der Waals surface area (Å²) in [7, 11) is 3.21. The molecule has 0 bridgehead atoms. The van der Waals surface area contributed by atoms with Crippen LogP contribution in [-0.2, 0) is 4.79 Å². The van der Waals surface area contributed by atoms with Crippen molar-refractivity contribution < 1.29 is 19.1 Å². The molecule has 0 saturated carbocycles. The minimum absolute atomic E-state index is 0.0181. The van der Waals surface area contributed by atoms with Gasteiger partial charge in [0.25, 0.3) is 0 Å². The van der Waals surface area contributed by atoms with Crippen LogP contribution in [0.5, 0.6) is 0 Å². The van der Waals surface area contributed by atoms with Crippen molar-refractivity contribution in [3.8, 4) is 0 Å². The first-order chi connectivity index (χ1) is 9.84. The molecule has 116 valence electrons. The van der Waals surface area contributed by atoms with Crippen LogP contribution in [0.2, 0.25) is 0 Å². The average molecular weight is 296 g/mol. The Labute approximate surface area is 124 Å². The van der Waals surface area contributed by atoms with Crippen LogP contribution < -0.4 is 0 Å². The number of carbonyl (C=O) groups excluding carboxylic acids is 1. The van der Waals surface area contributed by atoms with Crippen molar-refractivity contribution in [1.29, 1.82) is 0 Å². The van der Waals surface area contributed by atoms with E-state index in [1.54, 1.807) is 39.2 Å². The zero-order valence-electron chi connectivity index (χ0n) is 12.5. The van der Waals surface area contributed by atoms with Gasteiger partial charge in [-0.25, -0.2) is 9.18 Å². The van der Waals surface area contributed by atoms with Crippen LogP contribution in [0.15, 0.2) is 24.3 Å². The zero-order chi connectivity index (χ0) is 16.0. The largest absolute Gasteiger partial charge is 0.481 e. The van der Waals surface area contributed by atoms with Crippen LogP contribution in [0.25, 0.3) is 0 Å². The van der Waals surface area contributed by atoms with Gasteiger partial charge in [0.15, 0.2) is 0 Å². The number of rotatable bonds is 6. The Balaban J connectivity index is 2.64. The Morgan fingerprint density at radius 3 is 2.48 bits per heavy atom.